The topological polar surface area (TPSA) is 56.1 Å². The van der Waals surface area contributed by atoms with E-state index >= 15 is 0 Å². The normalized spacial score (nSPS) is 10.4. The molecule has 1 aromatic rings. The molecule has 0 spiro atoms. The lowest BCUT2D eigenvalue weighted by Crippen LogP contribution is -1.88. The van der Waals surface area contributed by atoms with Crippen molar-refractivity contribution in [3.05, 3.63) is 23.8 Å². The van der Waals surface area contributed by atoms with E-state index in [2.05, 4.69) is 27.1 Å². The molecule has 0 aliphatic rings. The van der Waals surface area contributed by atoms with Crippen LogP contribution in [0.5, 0.6) is 5.75 Å². The third-order valence-electron chi connectivity index (χ3n) is 1.37. The third-order valence-corrected chi connectivity index (χ3v) is 2.55. The van der Waals surface area contributed by atoms with Crippen molar-refractivity contribution in [2.45, 2.75) is 0 Å². The van der Waals surface area contributed by atoms with Gasteiger partial charge in [0.15, 0.2) is 0 Å². The van der Waals surface area contributed by atoms with Crippen molar-refractivity contribution in [3.8, 4) is 5.75 Å². The van der Waals surface area contributed by atoms with E-state index in [1.807, 2.05) is 0 Å². The molecule has 0 fully saturated rings. The van der Waals surface area contributed by atoms with E-state index in [1.54, 1.807) is 18.2 Å². The van der Waals surface area contributed by atoms with Gasteiger partial charge < -0.3 is 15.6 Å². The monoisotopic (exact) mass is 294 g/mol. The van der Waals surface area contributed by atoms with Crippen LogP contribution >= 0.6 is 28.4 Å². The molecule has 0 aliphatic carbocycles. The molecule has 0 radical (unpaired) electrons. The lowest BCUT2D eigenvalue weighted by atomic mass is 10.2. The Balaban J connectivity index is 3.03. The van der Waals surface area contributed by atoms with Crippen LogP contribution in [0.1, 0.15) is 5.56 Å². The van der Waals surface area contributed by atoms with Crippen LogP contribution in [0.3, 0.4) is 0 Å². The number of phenols is 1. The highest BCUT2D eigenvalue weighted by Gasteiger charge is 1.99. The van der Waals surface area contributed by atoms with Crippen molar-refractivity contribution < 1.29 is 5.11 Å². The second kappa shape index (κ2) is 4.62. The number of anilines is 1. The van der Waals surface area contributed by atoms with E-state index in [1.165, 1.54) is 6.21 Å². The van der Waals surface area contributed by atoms with Crippen molar-refractivity contribution >= 4 is 40.3 Å². The fourth-order valence-electron chi connectivity index (χ4n) is 0.829. The first kappa shape index (κ1) is 9.74. The van der Waals surface area contributed by atoms with E-state index < -0.39 is 0 Å². The molecular formula is C7H8IN2OP. The number of halogens is 1. The third kappa shape index (κ3) is 2.32. The van der Waals surface area contributed by atoms with Gasteiger partial charge in [-0.25, -0.2) is 0 Å². The fourth-order valence-corrected chi connectivity index (χ4v) is 2.02. The van der Waals surface area contributed by atoms with Crippen LogP contribution in [0.2, 0.25) is 0 Å². The maximum Gasteiger partial charge on any atom is 0.117 e. The molecule has 0 saturated carbocycles. The van der Waals surface area contributed by atoms with Crippen molar-refractivity contribution in [2.24, 2.45) is 0 Å². The Morgan fingerprint density at radius 3 is 2.92 bits per heavy atom. The van der Waals surface area contributed by atoms with Gasteiger partial charge in [-0.05, 0) is 34.2 Å². The Hall–Kier alpha value is -0.350. The largest absolute Gasteiger partial charge is 0.508 e. The lowest BCUT2D eigenvalue weighted by Gasteiger charge is -2.05. The van der Waals surface area contributed by atoms with E-state index in [0.717, 1.165) is 11.3 Å². The molecule has 0 aromatic heterocycles. The van der Waals surface area contributed by atoms with E-state index in [4.69, 9.17) is 10.5 Å². The number of aromatic hydroxyl groups is 1. The minimum Gasteiger partial charge on any atom is -0.508 e. The maximum absolute atomic E-state index is 9.15. The molecule has 0 bridgehead atoms. The van der Waals surface area contributed by atoms with Gasteiger partial charge in [-0.3, -0.25) is 0 Å². The zero-order chi connectivity index (χ0) is 8.97. The summed E-state index contributed by atoms with van der Waals surface area (Å²) in [7, 11) is 0. The van der Waals surface area contributed by atoms with Crippen molar-refractivity contribution in [3.63, 3.8) is 0 Å². The molecule has 1 atom stereocenters. The molecule has 0 amide bonds. The smallest absolute Gasteiger partial charge is 0.117 e. The predicted octanol–water partition coefficient (Wildman–Crippen LogP) is 2.75. The SMILES string of the molecule is N=Cc1ccc(O)cc1NPI. The molecule has 5 heteroatoms. The van der Waals surface area contributed by atoms with Gasteiger partial charge in [-0.15, -0.1) is 0 Å². The summed E-state index contributed by atoms with van der Waals surface area (Å²) >= 11 is 2.20. The summed E-state index contributed by atoms with van der Waals surface area (Å²) in [5.41, 5.74) is 1.59. The van der Waals surface area contributed by atoms with E-state index in [9.17, 15) is 0 Å². The first-order valence-electron chi connectivity index (χ1n) is 3.23. The van der Waals surface area contributed by atoms with Gasteiger partial charge >= 0.3 is 0 Å². The second-order valence-electron chi connectivity index (χ2n) is 2.14. The Labute approximate surface area is 85.4 Å². The Morgan fingerprint density at radius 1 is 1.58 bits per heavy atom. The van der Waals surface area contributed by atoms with Crippen molar-refractivity contribution in [1.29, 1.82) is 5.41 Å². The summed E-state index contributed by atoms with van der Waals surface area (Å²) in [4.78, 5) is 0. The number of hydrogen-bond donors (Lipinski definition) is 3. The number of phenolic OH excluding ortho intramolecular Hbond substituents is 1. The first-order valence-corrected chi connectivity index (χ1v) is 7.34. The molecule has 0 heterocycles. The number of benzene rings is 1. The Kier molecular flexibility index (Phi) is 3.75. The summed E-state index contributed by atoms with van der Waals surface area (Å²) in [6.07, 6.45) is 1.80. The molecule has 12 heavy (non-hydrogen) atoms. The van der Waals surface area contributed by atoms with Crippen LogP contribution in [0.15, 0.2) is 18.2 Å². The van der Waals surface area contributed by atoms with Gasteiger partial charge in [0.2, 0.25) is 0 Å². The molecule has 1 aromatic carbocycles. The highest BCUT2D eigenvalue weighted by Crippen LogP contribution is 2.28. The summed E-state index contributed by atoms with van der Waals surface area (Å²) in [6.45, 7) is 0. The molecule has 0 saturated heterocycles. The minimum absolute atomic E-state index is 0.220. The van der Waals surface area contributed by atoms with Crippen LogP contribution in [0, 0.1) is 5.41 Å². The summed E-state index contributed by atoms with van der Waals surface area (Å²) in [5, 5.41) is 19.3. The molecule has 64 valence electrons. The number of nitrogens with one attached hydrogen (secondary N) is 2. The first-order chi connectivity index (χ1) is 5.77. The summed E-state index contributed by atoms with van der Waals surface area (Å²) < 4.78 is 0. The van der Waals surface area contributed by atoms with Gasteiger partial charge in [-0.1, -0.05) is 0 Å². The van der Waals surface area contributed by atoms with E-state index in [0.29, 0.717) is 6.37 Å². The highest BCUT2D eigenvalue weighted by atomic mass is 127. The summed E-state index contributed by atoms with van der Waals surface area (Å²) in [6, 6.07) is 4.90. The molecule has 1 rings (SSSR count). The summed E-state index contributed by atoms with van der Waals surface area (Å²) in [5.74, 6) is 0.220. The highest BCUT2D eigenvalue weighted by molar-refractivity contribution is 14.2. The van der Waals surface area contributed by atoms with Crippen LogP contribution in [0.25, 0.3) is 0 Å². The Bertz CT molecular complexity index is 293. The van der Waals surface area contributed by atoms with E-state index in [-0.39, 0.29) is 5.75 Å². The minimum atomic E-state index is 0.220. The van der Waals surface area contributed by atoms with Gasteiger partial charge in [-0.2, -0.15) is 0 Å². The van der Waals surface area contributed by atoms with Crippen LogP contribution in [-0.4, -0.2) is 11.3 Å². The zero-order valence-electron chi connectivity index (χ0n) is 6.13. The molecule has 3 nitrogen and oxygen atoms in total. The average Bonchev–Trinajstić information content (AvgIpc) is 2.05. The predicted molar refractivity (Wildman–Crippen MR) is 62.0 cm³/mol. The van der Waals surface area contributed by atoms with Gasteiger partial charge in [0.05, 0.1) is 5.69 Å². The molecule has 1 unspecified atom stereocenters. The fraction of sp³-hybridized carbons (Fsp3) is 0. The van der Waals surface area contributed by atoms with Crippen molar-refractivity contribution in [1.82, 2.24) is 0 Å². The Morgan fingerprint density at radius 2 is 2.33 bits per heavy atom. The lowest BCUT2D eigenvalue weighted by molar-refractivity contribution is 0.475. The van der Waals surface area contributed by atoms with Gasteiger partial charge in [0.1, 0.15) is 5.75 Å². The van der Waals surface area contributed by atoms with Crippen LogP contribution < -0.4 is 5.09 Å². The standard InChI is InChI=1S/C7H8IN2OP/c8-12-10-7-3-6(11)2-1-5(7)4-9/h1-4,9-12H. The maximum atomic E-state index is 9.15. The quantitative estimate of drug-likeness (QED) is 0.456. The zero-order valence-corrected chi connectivity index (χ0v) is 9.29. The average molecular weight is 294 g/mol. The van der Waals surface area contributed by atoms with Crippen LogP contribution in [0.4, 0.5) is 5.69 Å². The number of hydrogen-bond acceptors (Lipinski definition) is 3. The second-order valence-corrected chi connectivity index (χ2v) is 4.19. The molecule has 0 aliphatic heterocycles. The molecular weight excluding hydrogens is 286 g/mol. The van der Waals surface area contributed by atoms with Crippen LogP contribution in [-0.2, 0) is 0 Å². The number of rotatable bonds is 3. The van der Waals surface area contributed by atoms with Gasteiger partial charge in [0, 0.05) is 24.2 Å². The van der Waals surface area contributed by atoms with Crippen molar-refractivity contribution in [2.75, 3.05) is 5.09 Å². The van der Waals surface area contributed by atoms with Gasteiger partial charge in [0.25, 0.3) is 0 Å². The molecule has 3 N–H and O–H groups in total.